The molecule has 0 aliphatic heterocycles. The summed E-state index contributed by atoms with van der Waals surface area (Å²) in [6.07, 6.45) is 0.291. The van der Waals surface area contributed by atoms with Gasteiger partial charge in [-0.1, -0.05) is 48.5 Å². The number of carbonyl (C=O) groups is 1. The van der Waals surface area contributed by atoms with Gasteiger partial charge in [0.2, 0.25) is 0 Å². The molecule has 1 unspecified atom stereocenters. The van der Waals surface area contributed by atoms with Gasteiger partial charge in [0.05, 0.1) is 6.10 Å². The minimum absolute atomic E-state index is 0.550. The summed E-state index contributed by atoms with van der Waals surface area (Å²) in [4.78, 5) is 11.0. The van der Waals surface area contributed by atoms with Gasteiger partial charge in [-0.3, -0.25) is 4.79 Å². The molecule has 2 aromatic rings. The number of carbonyl (C=O) groups excluding carboxylic acids is 1. The molecule has 0 saturated carbocycles. The summed E-state index contributed by atoms with van der Waals surface area (Å²) in [6.45, 7) is 1.72. The Bertz CT molecular complexity index is 530. The molecule has 0 saturated heterocycles. The molecule has 2 nitrogen and oxygen atoms in total. The van der Waals surface area contributed by atoms with Crippen molar-refractivity contribution in [3.05, 3.63) is 59.7 Å². The number of hydrogen-bond acceptors (Lipinski definition) is 2. The van der Waals surface area contributed by atoms with Gasteiger partial charge in [-0.2, -0.15) is 0 Å². The van der Waals surface area contributed by atoms with E-state index in [0.29, 0.717) is 5.56 Å². The van der Waals surface area contributed by atoms with Crippen molar-refractivity contribution in [2.24, 2.45) is 0 Å². The van der Waals surface area contributed by atoms with Crippen molar-refractivity contribution in [2.45, 2.75) is 13.0 Å². The van der Waals surface area contributed by atoms with Crippen LogP contribution in [-0.4, -0.2) is 11.4 Å². The molecule has 0 heterocycles. The Morgan fingerprint density at radius 3 is 2.24 bits per heavy atom. The lowest BCUT2D eigenvalue weighted by atomic mass is 9.94. The largest absolute Gasteiger partial charge is 0.389 e. The van der Waals surface area contributed by atoms with Gasteiger partial charge in [0.15, 0.2) is 6.29 Å². The summed E-state index contributed by atoms with van der Waals surface area (Å²) in [5.41, 5.74) is 3.24. The molecule has 1 atom stereocenters. The van der Waals surface area contributed by atoms with E-state index < -0.39 is 6.10 Å². The number of hydrogen-bond donors (Lipinski definition) is 1. The molecule has 0 aromatic heterocycles. The number of benzene rings is 2. The summed E-state index contributed by atoms with van der Waals surface area (Å²) < 4.78 is 0. The molecule has 0 radical (unpaired) electrons. The van der Waals surface area contributed by atoms with E-state index in [2.05, 4.69) is 0 Å². The summed E-state index contributed by atoms with van der Waals surface area (Å²) in [6, 6.07) is 15.0. The monoisotopic (exact) mass is 226 g/mol. The zero-order valence-corrected chi connectivity index (χ0v) is 9.63. The van der Waals surface area contributed by atoms with Crippen molar-refractivity contribution in [2.75, 3.05) is 0 Å². The second-order valence-corrected chi connectivity index (χ2v) is 3.97. The molecule has 1 N–H and O–H groups in total. The Labute approximate surface area is 101 Å². The predicted molar refractivity (Wildman–Crippen MR) is 67.9 cm³/mol. The van der Waals surface area contributed by atoms with E-state index in [4.69, 9.17) is 0 Å². The van der Waals surface area contributed by atoms with Crippen LogP contribution in [0.3, 0.4) is 0 Å². The molecule has 0 aliphatic rings. The van der Waals surface area contributed by atoms with Crippen molar-refractivity contribution < 1.29 is 9.90 Å². The van der Waals surface area contributed by atoms with Crippen LogP contribution in [0.4, 0.5) is 0 Å². The second kappa shape index (κ2) is 4.93. The van der Waals surface area contributed by atoms with Crippen LogP contribution in [0.1, 0.15) is 28.9 Å². The van der Waals surface area contributed by atoms with Crippen molar-refractivity contribution in [1.29, 1.82) is 0 Å². The third-order valence-corrected chi connectivity index (χ3v) is 2.79. The Morgan fingerprint density at radius 1 is 1.00 bits per heavy atom. The number of aliphatic hydroxyl groups excluding tert-OH is 1. The van der Waals surface area contributed by atoms with Crippen LogP contribution < -0.4 is 0 Å². The quantitative estimate of drug-likeness (QED) is 0.816. The Morgan fingerprint density at radius 2 is 1.59 bits per heavy atom. The van der Waals surface area contributed by atoms with Gasteiger partial charge in [0.25, 0.3) is 0 Å². The Balaban J connectivity index is 2.64. The van der Waals surface area contributed by atoms with E-state index in [1.807, 2.05) is 42.5 Å². The fourth-order valence-corrected chi connectivity index (χ4v) is 1.95. The van der Waals surface area contributed by atoms with Crippen LogP contribution in [0.2, 0.25) is 0 Å². The van der Waals surface area contributed by atoms with E-state index in [1.54, 1.807) is 13.0 Å². The second-order valence-electron chi connectivity index (χ2n) is 3.97. The molecule has 2 rings (SSSR count). The molecule has 2 heteroatoms. The molecule has 0 aliphatic carbocycles. The zero-order valence-electron chi connectivity index (χ0n) is 9.63. The standard InChI is InChI=1S/C15H14O2/c1-11(17)13-7-4-5-9-15(13)14-8-3-2-6-12(14)10-16/h2-11,17H,1H3. The van der Waals surface area contributed by atoms with Crippen LogP contribution in [0.5, 0.6) is 0 Å². The first-order chi connectivity index (χ1) is 8.24. The summed E-state index contributed by atoms with van der Waals surface area (Å²) >= 11 is 0. The highest BCUT2D eigenvalue weighted by Crippen LogP contribution is 2.29. The first-order valence-corrected chi connectivity index (χ1v) is 5.55. The maximum absolute atomic E-state index is 11.0. The maximum Gasteiger partial charge on any atom is 0.150 e. The van der Waals surface area contributed by atoms with E-state index in [1.165, 1.54) is 0 Å². The zero-order chi connectivity index (χ0) is 12.3. The van der Waals surface area contributed by atoms with Gasteiger partial charge < -0.3 is 5.11 Å². The Kier molecular flexibility index (Phi) is 3.35. The average Bonchev–Trinajstić information content (AvgIpc) is 2.38. The lowest BCUT2D eigenvalue weighted by Gasteiger charge is -2.13. The minimum atomic E-state index is -0.550. The van der Waals surface area contributed by atoms with Crippen molar-refractivity contribution in [3.63, 3.8) is 0 Å². The average molecular weight is 226 g/mol. The molecule has 0 spiro atoms. The minimum Gasteiger partial charge on any atom is -0.389 e. The lowest BCUT2D eigenvalue weighted by molar-refractivity contribution is 0.112. The number of aldehydes is 1. The van der Waals surface area contributed by atoms with Crippen molar-refractivity contribution in [3.8, 4) is 11.1 Å². The first kappa shape index (κ1) is 11.6. The van der Waals surface area contributed by atoms with E-state index in [9.17, 15) is 9.90 Å². The van der Waals surface area contributed by atoms with Gasteiger partial charge in [0, 0.05) is 5.56 Å². The molecule has 2 aromatic carbocycles. The van der Waals surface area contributed by atoms with E-state index in [-0.39, 0.29) is 0 Å². The third-order valence-electron chi connectivity index (χ3n) is 2.79. The maximum atomic E-state index is 11.0. The van der Waals surface area contributed by atoms with Gasteiger partial charge >= 0.3 is 0 Å². The topological polar surface area (TPSA) is 37.3 Å². The predicted octanol–water partition coefficient (Wildman–Crippen LogP) is 3.22. The number of aliphatic hydroxyl groups is 1. The van der Waals surface area contributed by atoms with E-state index >= 15 is 0 Å². The van der Waals surface area contributed by atoms with Gasteiger partial charge in [-0.05, 0) is 23.6 Å². The molecule has 0 bridgehead atoms. The highest BCUT2D eigenvalue weighted by Gasteiger charge is 2.11. The van der Waals surface area contributed by atoms with Crippen LogP contribution in [0.25, 0.3) is 11.1 Å². The SMILES string of the molecule is CC(O)c1ccccc1-c1ccccc1C=O. The van der Waals surface area contributed by atoms with Gasteiger partial charge in [0.1, 0.15) is 0 Å². The fourth-order valence-electron chi connectivity index (χ4n) is 1.95. The van der Waals surface area contributed by atoms with Crippen LogP contribution in [0, 0.1) is 0 Å². The van der Waals surface area contributed by atoms with Crippen LogP contribution in [-0.2, 0) is 0 Å². The fraction of sp³-hybridized carbons (Fsp3) is 0.133. The molecular formula is C15H14O2. The highest BCUT2D eigenvalue weighted by atomic mass is 16.3. The molecule has 0 amide bonds. The van der Waals surface area contributed by atoms with E-state index in [0.717, 1.165) is 23.0 Å². The highest BCUT2D eigenvalue weighted by molar-refractivity contribution is 5.88. The first-order valence-electron chi connectivity index (χ1n) is 5.55. The van der Waals surface area contributed by atoms with Crippen molar-refractivity contribution >= 4 is 6.29 Å². The Hall–Kier alpha value is -1.93. The normalized spacial score (nSPS) is 12.1. The molecule has 0 fully saturated rings. The van der Waals surface area contributed by atoms with Crippen LogP contribution >= 0.6 is 0 Å². The van der Waals surface area contributed by atoms with Crippen LogP contribution in [0.15, 0.2) is 48.5 Å². The lowest BCUT2D eigenvalue weighted by Crippen LogP contribution is -1.96. The smallest absolute Gasteiger partial charge is 0.150 e. The molecule has 17 heavy (non-hydrogen) atoms. The summed E-state index contributed by atoms with van der Waals surface area (Å²) in [5.74, 6) is 0. The molecular weight excluding hydrogens is 212 g/mol. The summed E-state index contributed by atoms with van der Waals surface area (Å²) in [7, 11) is 0. The summed E-state index contributed by atoms with van der Waals surface area (Å²) in [5, 5.41) is 9.74. The molecule has 86 valence electrons. The van der Waals surface area contributed by atoms with Gasteiger partial charge in [-0.15, -0.1) is 0 Å². The number of rotatable bonds is 3. The third kappa shape index (κ3) is 2.27. The van der Waals surface area contributed by atoms with Crippen molar-refractivity contribution in [1.82, 2.24) is 0 Å². The van der Waals surface area contributed by atoms with Gasteiger partial charge in [-0.25, -0.2) is 0 Å².